The van der Waals surface area contributed by atoms with Crippen LogP contribution in [0.4, 0.5) is 0 Å². The lowest BCUT2D eigenvalue weighted by atomic mass is 9.95. The summed E-state index contributed by atoms with van der Waals surface area (Å²) in [6, 6.07) is 0.351. The lowest BCUT2D eigenvalue weighted by molar-refractivity contribution is -0.140. The second kappa shape index (κ2) is 6.50. The molecule has 5 nitrogen and oxygen atoms in total. The van der Waals surface area contributed by atoms with Crippen molar-refractivity contribution in [1.29, 1.82) is 0 Å². The first-order valence-electron chi connectivity index (χ1n) is 6.94. The first-order chi connectivity index (χ1) is 8.77. The average molecular weight is 256 g/mol. The molecular weight excluding hydrogens is 232 g/mol. The first kappa shape index (κ1) is 13.8. The van der Waals surface area contributed by atoms with E-state index in [0.717, 1.165) is 25.8 Å². The van der Waals surface area contributed by atoms with E-state index in [4.69, 9.17) is 9.84 Å². The maximum absolute atomic E-state index is 12.6. The number of hydrogen-bond donors (Lipinski definition) is 2. The molecule has 2 aliphatic rings. The molecule has 0 aromatic carbocycles. The van der Waals surface area contributed by atoms with Crippen molar-refractivity contribution in [3.8, 4) is 0 Å². The predicted molar refractivity (Wildman–Crippen MR) is 68.2 cm³/mol. The highest BCUT2D eigenvalue weighted by atomic mass is 16.5. The summed E-state index contributed by atoms with van der Waals surface area (Å²) >= 11 is 0. The average Bonchev–Trinajstić information content (AvgIpc) is 2.87. The molecule has 0 aliphatic carbocycles. The van der Waals surface area contributed by atoms with Crippen molar-refractivity contribution >= 4 is 5.91 Å². The molecule has 0 saturated carbocycles. The van der Waals surface area contributed by atoms with Crippen molar-refractivity contribution in [3.63, 3.8) is 0 Å². The number of aliphatic hydroxyl groups excluding tert-OH is 1. The van der Waals surface area contributed by atoms with Crippen LogP contribution >= 0.6 is 0 Å². The number of ether oxygens (including phenoxy) is 1. The van der Waals surface area contributed by atoms with Gasteiger partial charge in [-0.15, -0.1) is 0 Å². The standard InChI is InChI=1S/C13H24N2O3/c1-14-12-9-18-8-11(12)13(17)15-6-3-2-4-10(15)5-7-16/h10-12,14,16H,2-9H2,1H3. The van der Waals surface area contributed by atoms with E-state index in [0.29, 0.717) is 19.6 Å². The zero-order valence-corrected chi connectivity index (χ0v) is 11.1. The van der Waals surface area contributed by atoms with Gasteiger partial charge in [-0.05, 0) is 32.7 Å². The van der Waals surface area contributed by atoms with Crippen LogP contribution in [0.25, 0.3) is 0 Å². The van der Waals surface area contributed by atoms with Gasteiger partial charge < -0.3 is 20.1 Å². The van der Waals surface area contributed by atoms with Crippen LogP contribution in [-0.2, 0) is 9.53 Å². The van der Waals surface area contributed by atoms with Gasteiger partial charge in [0.1, 0.15) is 0 Å². The summed E-state index contributed by atoms with van der Waals surface area (Å²) in [6.07, 6.45) is 3.95. The minimum atomic E-state index is -0.0608. The molecule has 0 aromatic rings. The van der Waals surface area contributed by atoms with Gasteiger partial charge in [-0.3, -0.25) is 4.79 Å². The number of hydrogen-bond acceptors (Lipinski definition) is 4. The van der Waals surface area contributed by atoms with Crippen LogP contribution in [0.1, 0.15) is 25.7 Å². The van der Waals surface area contributed by atoms with Gasteiger partial charge >= 0.3 is 0 Å². The van der Waals surface area contributed by atoms with Crippen LogP contribution < -0.4 is 5.32 Å². The topological polar surface area (TPSA) is 61.8 Å². The fourth-order valence-corrected chi connectivity index (χ4v) is 3.04. The summed E-state index contributed by atoms with van der Waals surface area (Å²) < 4.78 is 5.41. The molecule has 2 heterocycles. The second-order valence-electron chi connectivity index (χ2n) is 5.23. The molecule has 104 valence electrons. The van der Waals surface area contributed by atoms with E-state index in [1.165, 1.54) is 0 Å². The lowest BCUT2D eigenvalue weighted by Gasteiger charge is -2.37. The third-order valence-electron chi connectivity index (χ3n) is 4.14. The second-order valence-corrected chi connectivity index (χ2v) is 5.23. The molecule has 0 spiro atoms. The van der Waals surface area contributed by atoms with Crippen LogP contribution in [0.2, 0.25) is 0 Å². The number of likely N-dealkylation sites (N-methyl/N-ethyl adjacent to an activating group) is 1. The molecule has 0 radical (unpaired) electrons. The third-order valence-corrected chi connectivity index (χ3v) is 4.14. The van der Waals surface area contributed by atoms with Crippen LogP contribution in [0, 0.1) is 5.92 Å². The Morgan fingerprint density at radius 2 is 2.28 bits per heavy atom. The Morgan fingerprint density at radius 1 is 1.44 bits per heavy atom. The molecule has 2 N–H and O–H groups in total. The van der Waals surface area contributed by atoms with E-state index in [1.807, 2.05) is 11.9 Å². The molecule has 2 saturated heterocycles. The monoisotopic (exact) mass is 256 g/mol. The van der Waals surface area contributed by atoms with Gasteiger partial charge in [0.25, 0.3) is 0 Å². The maximum atomic E-state index is 12.6. The summed E-state index contributed by atoms with van der Waals surface area (Å²) in [4.78, 5) is 14.6. The number of carbonyl (C=O) groups excluding carboxylic acids is 1. The number of amides is 1. The number of rotatable bonds is 4. The Morgan fingerprint density at radius 3 is 3.00 bits per heavy atom. The van der Waals surface area contributed by atoms with Crippen LogP contribution in [0.15, 0.2) is 0 Å². The summed E-state index contributed by atoms with van der Waals surface area (Å²) in [7, 11) is 1.88. The highest BCUT2D eigenvalue weighted by molar-refractivity contribution is 5.80. The third kappa shape index (κ3) is 2.84. The Hall–Kier alpha value is -0.650. The molecule has 1 amide bonds. The van der Waals surface area contributed by atoms with E-state index in [2.05, 4.69) is 5.32 Å². The summed E-state index contributed by atoms with van der Waals surface area (Å²) in [5, 5.41) is 12.3. The number of nitrogens with one attached hydrogen (secondary N) is 1. The Labute approximate surface area is 108 Å². The van der Waals surface area contributed by atoms with Crippen molar-refractivity contribution in [2.75, 3.05) is 33.4 Å². The smallest absolute Gasteiger partial charge is 0.229 e. The molecule has 0 bridgehead atoms. The van der Waals surface area contributed by atoms with E-state index >= 15 is 0 Å². The molecule has 3 atom stereocenters. The fourth-order valence-electron chi connectivity index (χ4n) is 3.04. The van der Waals surface area contributed by atoms with Crippen LogP contribution in [0.5, 0.6) is 0 Å². The quantitative estimate of drug-likeness (QED) is 0.742. The summed E-state index contributed by atoms with van der Waals surface area (Å²) in [5.74, 6) is 0.138. The van der Waals surface area contributed by atoms with E-state index in [9.17, 15) is 4.79 Å². The molecule has 2 aliphatic heterocycles. The molecule has 2 fully saturated rings. The van der Waals surface area contributed by atoms with E-state index < -0.39 is 0 Å². The zero-order valence-electron chi connectivity index (χ0n) is 11.1. The molecular formula is C13H24N2O3. The predicted octanol–water partition coefficient (Wildman–Crippen LogP) is -0.0157. The molecule has 18 heavy (non-hydrogen) atoms. The lowest BCUT2D eigenvalue weighted by Crippen LogP contribution is -2.50. The molecule has 2 rings (SSSR count). The SMILES string of the molecule is CNC1COCC1C(=O)N1CCCCC1CCO. The van der Waals surface area contributed by atoms with Gasteiger partial charge in [0.15, 0.2) is 0 Å². The number of carbonyl (C=O) groups is 1. The maximum Gasteiger partial charge on any atom is 0.229 e. The molecule has 3 unspecified atom stereocenters. The first-order valence-corrected chi connectivity index (χ1v) is 6.94. The van der Waals surface area contributed by atoms with Crippen molar-refractivity contribution in [1.82, 2.24) is 10.2 Å². The minimum Gasteiger partial charge on any atom is -0.396 e. The van der Waals surface area contributed by atoms with Crippen molar-refractivity contribution in [2.24, 2.45) is 5.92 Å². The minimum absolute atomic E-state index is 0.0608. The van der Waals surface area contributed by atoms with Crippen molar-refractivity contribution < 1.29 is 14.6 Å². The van der Waals surface area contributed by atoms with Gasteiger partial charge in [-0.25, -0.2) is 0 Å². The van der Waals surface area contributed by atoms with Gasteiger partial charge in [0.2, 0.25) is 5.91 Å². The highest BCUT2D eigenvalue weighted by Crippen LogP contribution is 2.24. The Bertz CT molecular complexity index is 283. The highest BCUT2D eigenvalue weighted by Gasteiger charge is 2.38. The number of aliphatic hydroxyl groups is 1. The fraction of sp³-hybridized carbons (Fsp3) is 0.923. The number of piperidine rings is 1. The van der Waals surface area contributed by atoms with Gasteiger partial charge in [-0.1, -0.05) is 0 Å². The van der Waals surface area contributed by atoms with Crippen LogP contribution in [0.3, 0.4) is 0 Å². The van der Waals surface area contributed by atoms with Gasteiger partial charge in [0, 0.05) is 25.2 Å². The number of nitrogens with zero attached hydrogens (tertiary/aromatic N) is 1. The number of likely N-dealkylation sites (tertiary alicyclic amines) is 1. The zero-order chi connectivity index (χ0) is 13.0. The Kier molecular flexibility index (Phi) is 4.97. The van der Waals surface area contributed by atoms with Crippen LogP contribution in [-0.4, -0.2) is 61.4 Å². The van der Waals surface area contributed by atoms with Crippen molar-refractivity contribution in [3.05, 3.63) is 0 Å². The molecule has 5 heteroatoms. The normalized spacial score (nSPS) is 32.8. The largest absolute Gasteiger partial charge is 0.396 e. The van der Waals surface area contributed by atoms with Gasteiger partial charge in [0.05, 0.1) is 19.1 Å². The van der Waals surface area contributed by atoms with Crippen molar-refractivity contribution in [2.45, 2.75) is 37.8 Å². The Balaban J connectivity index is 2.01. The summed E-state index contributed by atoms with van der Waals surface area (Å²) in [6.45, 7) is 2.12. The van der Waals surface area contributed by atoms with Gasteiger partial charge in [-0.2, -0.15) is 0 Å². The molecule has 0 aromatic heterocycles. The summed E-state index contributed by atoms with van der Waals surface area (Å²) in [5.41, 5.74) is 0. The van der Waals surface area contributed by atoms with E-state index in [1.54, 1.807) is 0 Å². The van der Waals surface area contributed by atoms with E-state index in [-0.39, 0.29) is 30.5 Å².